The third-order valence-corrected chi connectivity index (χ3v) is 6.03. The predicted octanol–water partition coefficient (Wildman–Crippen LogP) is 1.96. The molecule has 2 rings (SSSR count). The Labute approximate surface area is 115 Å². The van der Waals surface area contributed by atoms with E-state index in [-0.39, 0.29) is 6.54 Å². The number of hydrogen-bond donors (Lipinski definition) is 0. The fraction of sp³-hybridized carbons (Fsp3) is 0.300. The number of nitrogens with zero attached hydrogens (tertiary/aromatic N) is 3. The lowest BCUT2D eigenvalue weighted by molar-refractivity contribution is 0.454. The molecule has 0 N–H and O–H groups in total. The van der Waals surface area contributed by atoms with Crippen LogP contribution in [0.4, 0.5) is 0 Å². The van der Waals surface area contributed by atoms with Gasteiger partial charge in [0.05, 0.1) is 23.5 Å². The first-order chi connectivity index (χ1) is 8.43. The van der Waals surface area contributed by atoms with Gasteiger partial charge in [-0.2, -0.15) is 9.40 Å². The first kappa shape index (κ1) is 13.5. The van der Waals surface area contributed by atoms with Crippen LogP contribution < -0.4 is 0 Å². The van der Waals surface area contributed by atoms with Gasteiger partial charge in [0.2, 0.25) is 0 Å². The summed E-state index contributed by atoms with van der Waals surface area (Å²) in [5.74, 6) is 0. The summed E-state index contributed by atoms with van der Waals surface area (Å²) in [5.41, 5.74) is 0.666. The molecule has 0 atom stereocenters. The summed E-state index contributed by atoms with van der Waals surface area (Å²) < 4.78 is 27.6. The molecule has 2 heterocycles. The summed E-state index contributed by atoms with van der Waals surface area (Å²) in [6.45, 7) is 0.190. The van der Waals surface area contributed by atoms with E-state index in [2.05, 4.69) is 5.10 Å². The average molecular weight is 306 g/mol. The molecule has 18 heavy (non-hydrogen) atoms. The quantitative estimate of drug-likeness (QED) is 0.867. The molecule has 0 aliphatic rings. The molecule has 0 spiro atoms. The Morgan fingerprint density at radius 2 is 2.28 bits per heavy atom. The van der Waals surface area contributed by atoms with Crippen LogP contribution in [0.2, 0.25) is 5.02 Å². The number of hydrogen-bond acceptors (Lipinski definition) is 4. The number of rotatable bonds is 4. The fourth-order valence-electron chi connectivity index (χ4n) is 1.47. The molecule has 0 saturated heterocycles. The standard InChI is InChI=1S/C10H12ClN3O2S2/c1-13(7-9-8(11)6-12-14(9)2)18(15,16)10-4-3-5-17-10/h3-6H,7H2,1-2H3. The van der Waals surface area contributed by atoms with E-state index < -0.39 is 10.0 Å². The maximum atomic E-state index is 12.2. The summed E-state index contributed by atoms with van der Waals surface area (Å²) in [7, 11) is -0.198. The summed E-state index contributed by atoms with van der Waals surface area (Å²) in [6, 6.07) is 3.30. The Kier molecular flexibility index (Phi) is 3.76. The monoisotopic (exact) mass is 305 g/mol. The topological polar surface area (TPSA) is 55.2 Å². The molecule has 0 amide bonds. The summed E-state index contributed by atoms with van der Waals surface area (Å²) in [4.78, 5) is 0. The highest BCUT2D eigenvalue weighted by molar-refractivity contribution is 7.91. The van der Waals surface area contributed by atoms with Crippen molar-refractivity contribution in [3.05, 3.63) is 34.4 Å². The highest BCUT2D eigenvalue weighted by Gasteiger charge is 2.23. The SMILES string of the molecule is CN(Cc1c(Cl)cnn1C)S(=O)(=O)c1cccs1. The van der Waals surface area contributed by atoms with Crippen molar-refractivity contribution in [3.63, 3.8) is 0 Å². The van der Waals surface area contributed by atoms with Gasteiger partial charge in [-0.1, -0.05) is 17.7 Å². The van der Waals surface area contributed by atoms with Crippen molar-refractivity contribution in [3.8, 4) is 0 Å². The Morgan fingerprint density at radius 1 is 1.56 bits per heavy atom. The molecule has 0 fully saturated rings. The van der Waals surface area contributed by atoms with E-state index in [4.69, 9.17) is 11.6 Å². The van der Waals surface area contributed by atoms with Crippen molar-refractivity contribution in [2.75, 3.05) is 7.05 Å². The number of halogens is 1. The Bertz CT molecular complexity index is 615. The van der Waals surface area contributed by atoms with Gasteiger partial charge in [-0.05, 0) is 11.4 Å². The second-order valence-corrected chi connectivity index (χ2v) is 7.38. The van der Waals surface area contributed by atoms with Crippen LogP contribution in [0.5, 0.6) is 0 Å². The Balaban J connectivity index is 2.26. The van der Waals surface area contributed by atoms with Gasteiger partial charge in [-0.3, -0.25) is 4.68 Å². The van der Waals surface area contributed by atoms with Crippen molar-refractivity contribution in [1.82, 2.24) is 14.1 Å². The first-order valence-electron chi connectivity index (χ1n) is 5.09. The van der Waals surface area contributed by atoms with Crippen LogP contribution in [0.25, 0.3) is 0 Å². The molecule has 0 aromatic carbocycles. The van der Waals surface area contributed by atoms with Gasteiger partial charge < -0.3 is 0 Å². The molecule has 0 aliphatic carbocycles. The Hall–Kier alpha value is -0.890. The Morgan fingerprint density at radius 3 is 2.78 bits per heavy atom. The molecule has 5 nitrogen and oxygen atoms in total. The van der Waals surface area contributed by atoms with Crippen molar-refractivity contribution < 1.29 is 8.42 Å². The summed E-state index contributed by atoms with van der Waals surface area (Å²) >= 11 is 7.16. The van der Waals surface area contributed by atoms with Gasteiger partial charge in [-0.15, -0.1) is 11.3 Å². The maximum Gasteiger partial charge on any atom is 0.252 e. The van der Waals surface area contributed by atoms with E-state index in [1.807, 2.05) is 0 Å². The van der Waals surface area contributed by atoms with Gasteiger partial charge in [-0.25, -0.2) is 8.42 Å². The minimum Gasteiger partial charge on any atom is -0.270 e. The zero-order chi connectivity index (χ0) is 13.3. The van der Waals surface area contributed by atoms with Gasteiger partial charge in [0.15, 0.2) is 0 Å². The highest BCUT2D eigenvalue weighted by Crippen LogP contribution is 2.23. The van der Waals surface area contributed by atoms with Crippen LogP contribution in [-0.2, 0) is 23.6 Å². The lowest BCUT2D eigenvalue weighted by Gasteiger charge is -2.16. The number of sulfonamides is 1. The van der Waals surface area contributed by atoms with E-state index in [1.54, 1.807) is 29.2 Å². The second-order valence-electron chi connectivity index (χ2n) is 3.76. The van der Waals surface area contributed by atoms with Crippen molar-refractivity contribution in [2.24, 2.45) is 7.05 Å². The molecule has 0 saturated carbocycles. The smallest absolute Gasteiger partial charge is 0.252 e. The molecule has 98 valence electrons. The van der Waals surface area contributed by atoms with E-state index in [9.17, 15) is 8.42 Å². The van der Waals surface area contributed by atoms with Crippen LogP contribution in [0, 0.1) is 0 Å². The van der Waals surface area contributed by atoms with E-state index in [0.29, 0.717) is 14.9 Å². The van der Waals surface area contributed by atoms with Crippen molar-refractivity contribution >= 4 is 33.0 Å². The van der Waals surface area contributed by atoms with Crippen LogP contribution in [0.3, 0.4) is 0 Å². The highest BCUT2D eigenvalue weighted by atomic mass is 35.5. The van der Waals surface area contributed by atoms with Gasteiger partial charge >= 0.3 is 0 Å². The van der Waals surface area contributed by atoms with Gasteiger partial charge in [0.1, 0.15) is 4.21 Å². The minimum atomic E-state index is -3.45. The molecule has 0 bridgehead atoms. The third-order valence-electron chi connectivity index (χ3n) is 2.54. The van der Waals surface area contributed by atoms with Crippen LogP contribution in [0.15, 0.2) is 27.9 Å². The zero-order valence-electron chi connectivity index (χ0n) is 9.87. The van der Waals surface area contributed by atoms with E-state index in [0.717, 1.165) is 0 Å². The zero-order valence-corrected chi connectivity index (χ0v) is 12.3. The van der Waals surface area contributed by atoms with Crippen LogP contribution >= 0.6 is 22.9 Å². The van der Waals surface area contributed by atoms with E-state index in [1.165, 1.54) is 28.9 Å². The van der Waals surface area contributed by atoms with Crippen molar-refractivity contribution in [1.29, 1.82) is 0 Å². The molecular weight excluding hydrogens is 294 g/mol. The lowest BCUT2D eigenvalue weighted by Crippen LogP contribution is -2.27. The second kappa shape index (κ2) is 5.00. The third kappa shape index (κ3) is 2.44. The predicted molar refractivity (Wildman–Crippen MR) is 71.2 cm³/mol. The van der Waals surface area contributed by atoms with E-state index >= 15 is 0 Å². The van der Waals surface area contributed by atoms with Crippen LogP contribution in [-0.4, -0.2) is 29.6 Å². The fourth-order valence-corrected chi connectivity index (χ4v) is 4.03. The van der Waals surface area contributed by atoms with Gasteiger partial charge in [0.25, 0.3) is 10.0 Å². The largest absolute Gasteiger partial charge is 0.270 e. The molecule has 2 aromatic heterocycles. The maximum absolute atomic E-state index is 12.2. The molecule has 0 unspecified atom stereocenters. The average Bonchev–Trinajstić information content (AvgIpc) is 2.94. The van der Waals surface area contributed by atoms with Crippen molar-refractivity contribution in [2.45, 2.75) is 10.8 Å². The minimum absolute atomic E-state index is 0.190. The number of thiophene rings is 1. The number of aryl methyl sites for hydroxylation is 1. The lowest BCUT2D eigenvalue weighted by atomic mass is 10.4. The molecular formula is C10H12ClN3O2S2. The molecule has 0 radical (unpaired) electrons. The normalized spacial score (nSPS) is 12.2. The summed E-state index contributed by atoms with van der Waals surface area (Å²) in [6.07, 6.45) is 1.50. The van der Waals surface area contributed by atoms with Crippen LogP contribution in [0.1, 0.15) is 5.69 Å². The first-order valence-corrected chi connectivity index (χ1v) is 7.79. The van der Waals surface area contributed by atoms with Gasteiger partial charge in [0, 0.05) is 14.1 Å². The molecule has 8 heteroatoms. The number of aromatic nitrogens is 2. The molecule has 2 aromatic rings. The molecule has 0 aliphatic heterocycles. The summed E-state index contributed by atoms with van der Waals surface area (Å²) in [5, 5.41) is 6.18.